The quantitative estimate of drug-likeness (QED) is 0.163. The molecule has 2 heterocycles. The van der Waals surface area contributed by atoms with Gasteiger partial charge in [-0.15, -0.1) is 13.2 Å². The third-order valence-corrected chi connectivity index (χ3v) is 6.99. The molecule has 0 bridgehead atoms. The van der Waals surface area contributed by atoms with E-state index < -0.39 is 24.0 Å². The number of carbonyl (C=O) groups is 1. The molecule has 0 radical (unpaired) electrons. The lowest BCUT2D eigenvalue weighted by Crippen LogP contribution is -2.53. The molecule has 2 aliphatic heterocycles. The van der Waals surface area contributed by atoms with E-state index in [-0.39, 0.29) is 35.2 Å². The lowest BCUT2D eigenvalue weighted by Gasteiger charge is -2.31. The van der Waals surface area contributed by atoms with Gasteiger partial charge in [0.25, 0.3) is 0 Å². The number of nitrogens with zero attached hydrogens (tertiary/aromatic N) is 5. The summed E-state index contributed by atoms with van der Waals surface area (Å²) < 4.78 is 55.8. The summed E-state index contributed by atoms with van der Waals surface area (Å²) in [6, 6.07) is 6.51. The van der Waals surface area contributed by atoms with Gasteiger partial charge in [0, 0.05) is 18.2 Å². The minimum Gasteiger partial charge on any atom is -0.403 e. The van der Waals surface area contributed by atoms with Gasteiger partial charge in [0.1, 0.15) is 0 Å². The highest BCUT2D eigenvalue weighted by molar-refractivity contribution is 6.42. The zero-order chi connectivity index (χ0) is 29.0. The fourth-order valence-electron chi connectivity index (χ4n) is 4.49. The van der Waals surface area contributed by atoms with Crippen molar-refractivity contribution in [1.82, 2.24) is 20.5 Å². The Morgan fingerprint density at radius 2 is 2.08 bits per heavy atom. The van der Waals surface area contributed by atoms with Crippen LogP contribution in [0.5, 0.6) is 5.75 Å². The standard InChI is InChI=1S/C25H23Cl2F4N7O2/c1-2-37(23(39)19-4-3-9-33-19)20-12-38(36-22(20)14-5-7-16(26)17(27)10-14)24(34-13-32)35-15-6-8-18(28)21(11-15)40-25(29,30)31/h5-8,10-11,19-20,33H,2-4,9,12H2,1H3,(H,34,35)/t19-,20-/m1/s1. The Kier molecular flexibility index (Phi) is 9.02. The topological polar surface area (TPSA) is 105 Å². The minimum absolute atomic E-state index is 0.0441. The smallest absolute Gasteiger partial charge is 0.403 e. The highest BCUT2D eigenvalue weighted by atomic mass is 35.5. The first-order chi connectivity index (χ1) is 19.0. The van der Waals surface area contributed by atoms with E-state index in [9.17, 15) is 27.6 Å². The minimum atomic E-state index is -5.12. The first kappa shape index (κ1) is 29.4. The number of benzene rings is 2. The van der Waals surface area contributed by atoms with Gasteiger partial charge >= 0.3 is 6.36 Å². The fraction of sp³-hybridized carbons (Fsp3) is 0.360. The Bertz CT molecular complexity index is 1370. The average Bonchev–Trinajstić information content (AvgIpc) is 3.58. The molecule has 1 saturated heterocycles. The van der Waals surface area contributed by atoms with Crippen LogP contribution < -0.4 is 15.4 Å². The van der Waals surface area contributed by atoms with Gasteiger partial charge < -0.3 is 15.0 Å². The van der Waals surface area contributed by atoms with Crippen molar-refractivity contribution in [2.24, 2.45) is 10.1 Å². The number of rotatable bonds is 6. The molecule has 1 fully saturated rings. The van der Waals surface area contributed by atoms with Crippen molar-refractivity contribution in [2.75, 3.05) is 19.6 Å². The van der Waals surface area contributed by atoms with Gasteiger partial charge in [-0.3, -0.25) is 10.1 Å². The molecular weight excluding hydrogens is 577 g/mol. The molecular formula is C25H23Cl2F4N7O2. The first-order valence-electron chi connectivity index (χ1n) is 12.1. The number of hydrazone groups is 1. The number of likely N-dealkylation sites (N-methyl/N-ethyl adjacent to an activating group) is 1. The lowest BCUT2D eigenvalue weighted by atomic mass is 10.0. The molecule has 0 aromatic heterocycles. The van der Waals surface area contributed by atoms with E-state index >= 15 is 0 Å². The molecule has 2 atom stereocenters. The predicted molar refractivity (Wildman–Crippen MR) is 141 cm³/mol. The molecule has 0 aliphatic carbocycles. The van der Waals surface area contributed by atoms with Crippen LogP contribution in [0.4, 0.5) is 23.2 Å². The molecule has 2 aromatic rings. The zero-order valence-corrected chi connectivity index (χ0v) is 22.5. The van der Waals surface area contributed by atoms with Crippen LogP contribution in [0.2, 0.25) is 10.0 Å². The average molecular weight is 600 g/mol. The molecule has 2 aromatic carbocycles. The second kappa shape index (κ2) is 12.3. The van der Waals surface area contributed by atoms with Gasteiger partial charge in [-0.2, -0.15) is 10.4 Å². The summed E-state index contributed by atoms with van der Waals surface area (Å²) in [5.74, 6) is -2.63. The van der Waals surface area contributed by atoms with Crippen LogP contribution in [0.25, 0.3) is 0 Å². The number of hydrogen-bond donors (Lipinski definition) is 2. The molecule has 0 spiro atoms. The number of guanidine groups is 1. The SMILES string of the molecule is CCN(C(=O)[C@H]1CCCN1)[C@@H]1CN(C(=Nc2ccc(F)c(OC(F)(F)F)c2)NC#N)N=C1c1ccc(Cl)c(Cl)c1. The van der Waals surface area contributed by atoms with Crippen molar-refractivity contribution in [3.05, 3.63) is 57.8 Å². The van der Waals surface area contributed by atoms with Crippen LogP contribution in [-0.2, 0) is 4.79 Å². The van der Waals surface area contributed by atoms with Gasteiger partial charge in [0.2, 0.25) is 11.9 Å². The van der Waals surface area contributed by atoms with Crippen molar-refractivity contribution < 1.29 is 27.1 Å². The molecule has 0 unspecified atom stereocenters. The number of aliphatic imine (C=N–C) groups is 1. The van der Waals surface area contributed by atoms with Crippen molar-refractivity contribution in [1.29, 1.82) is 5.26 Å². The van der Waals surface area contributed by atoms with Gasteiger partial charge in [-0.1, -0.05) is 29.3 Å². The second-order valence-electron chi connectivity index (χ2n) is 8.82. The van der Waals surface area contributed by atoms with Gasteiger partial charge in [0.05, 0.1) is 40.1 Å². The van der Waals surface area contributed by atoms with Crippen LogP contribution in [-0.4, -0.2) is 65.6 Å². The van der Waals surface area contributed by atoms with E-state index in [2.05, 4.69) is 25.5 Å². The van der Waals surface area contributed by atoms with Crippen molar-refractivity contribution in [3.63, 3.8) is 0 Å². The summed E-state index contributed by atoms with van der Waals surface area (Å²) in [5, 5.41) is 21.4. The molecule has 4 rings (SSSR count). The van der Waals surface area contributed by atoms with Gasteiger partial charge in [-0.05, 0) is 50.6 Å². The van der Waals surface area contributed by atoms with Crippen molar-refractivity contribution in [3.8, 4) is 11.9 Å². The van der Waals surface area contributed by atoms with Crippen LogP contribution in [0.3, 0.4) is 0 Å². The number of nitrogens with one attached hydrogen (secondary N) is 2. The maximum atomic E-state index is 13.9. The number of alkyl halides is 3. The summed E-state index contributed by atoms with van der Waals surface area (Å²) in [5.41, 5.74) is 0.845. The number of nitriles is 1. The molecule has 212 valence electrons. The maximum absolute atomic E-state index is 13.9. The van der Waals surface area contributed by atoms with Gasteiger partial charge in [0.15, 0.2) is 17.8 Å². The number of carbonyl (C=O) groups excluding carboxylic acids is 1. The molecule has 9 nitrogen and oxygen atoms in total. The van der Waals surface area contributed by atoms with Crippen LogP contribution in [0.15, 0.2) is 46.5 Å². The Morgan fingerprint density at radius 3 is 2.70 bits per heavy atom. The molecule has 40 heavy (non-hydrogen) atoms. The third-order valence-electron chi connectivity index (χ3n) is 6.25. The van der Waals surface area contributed by atoms with Crippen molar-refractivity contribution >= 4 is 46.5 Å². The highest BCUT2D eigenvalue weighted by Crippen LogP contribution is 2.31. The van der Waals surface area contributed by atoms with Crippen LogP contribution >= 0.6 is 23.2 Å². The Morgan fingerprint density at radius 1 is 1.30 bits per heavy atom. The summed E-state index contributed by atoms with van der Waals surface area (Å²) >= 11 is 12.4. The van der Waals surface area contributed by atoms with E-state index in [0.717, 1.165) is 31.2 Å². The normalized spacial score (nSPS) is 19.3. The molecule has 15 heteroatoms. The number of ether oxygens (including phenoxy) is 1. The number of hydrogen-bond acceptors (Lipinski definition) is 6. The third kappa shape index (κ3) is 6.75. The Balaban J connectivity index is 1.74. The predicted octanol–water partition coefficient (Wildman–Crippen LogP) is 4.78. The maximum Gasteiger partial charge on any atom is 0.573 e. The second-order valence-corrected chi connectivity index (χ2v) is 9.63. The highest BCUT2D eigenvalue weighted by Gasteiger charge is 2.39. The number of halogens is 6. The Hall–Kier alpha value is -3.60. The van der Waals surface area contributed by atoms with E-state index in [1.165, 1.54) is 5.01 Å². The molecule has 2 N–H and O–H groups in total. The van der Waals surface area contributed by atoms with Crippen LogP contribution in [0.1, 0.15) is 25.3 Å². The van der Waals surface area contributed by atoms with E-state index in [0.29, 0.717) is 29.3 Å². The fourth-order valence-corrected chi connectivity index (χ4v) is 4.78. The molecule has 0 saturated carbocycles. The largest absolute Gasteiger partial charge is 0.573 e. The van der Waals surface area contributed by atoms with E-state index in [4.69, 9.17) is 23.2 Å². The molecule has 2 aliphatic rings. The summed E-state index contributed by atoms with van der Waals surface area (Å²) in [6.07, 6.45) is -1.86. The first-order valence-corrected chi connectivity index (χ1v) is 12.9. The molecule has 1 amide bonds. The van der Waals surface area contributed by atoms with E-state index in [1.54, 1.807) is 29.3 Å². The summed E-state index contributed by atoms with van der Waals surface area (Å²) in [6.45, 7) is 2.93. The lowest BCUT2D eigenvalue weighted by molar-refractivity contribution is -0.275. The van der Waals surface area contributed by atoms with E-state index in [1.807, 2.05) is 6.92 Å². The summed E-state index contributed by atoms with van der Waals surface area (Å²) in [7, 11) is 0. The van der Waals surface area contributed by atoms with Crippen LogP contribution in [0, 0.1) is 17.3 Å². The number of amides is 1. The van der Waals surface area contributed by atoms with Crippen molar-refractivity contribution in [2.45, 2.75) is 38.2 Å². The van der Waals surface area contributed by atoms with Gasteiger partial charge in [-0.25, -0.2) is 14.4 Å². The monoisotopic (exact) mass is 599 g/mol. The zero-order valence-electron chi connectivity index (χ0n) is 21.0. The summed E-state index contributed by atoms with van der Waals surface area (Å²) in [4.78, 5) is 19.3. The Labute approximate surface area is 237 Å².